The minimum Gasteiger partial charge on any atom is -0.396 e. The number of hydrogen-bond donors (Lipinski definition) is 1. The highest BCUT2D eigenvalue weighted by molar-refractivity contribution is 7.99. The fourth-order valence-electron chi connectivity index (χ4n) is 1.94. The number of thioether (sulfide) groups is 1. The molecule has 0 saturated carbocycles. The van der Waals surface area contributed by atoms with Crippen molar-refractivity contribution in [3.63, 3.8) is 0 Å². The third kappa shape index (κ3) is 2.70. The maximum atomic E-state index is 13.7. The first-order valence-corrected chi connectivity index (χ1v) is 8.27. The van der Waals surface area contributed by atoms with Gasteiger partial charge in [-0.3, -0.25) is 0 Å². The molecule has 1 heterocycles. The van der Waals surface area contributed by atoms with E-state index in [1.54, 1.807) is 18.7 Å². The third-order valence-electron chi connectivity index (χ3n) is 2.94. The Morgan fingerprint density at radius 2 is 2.05 bits per heavy atom. The van der Waals surface area contributed by atoms with Crippen LogP contribution in [0.25, 0.3) is 0 Å². The zero-order valence-electron chi connectivity index (χ0n) is 10.3. The number of rotatable bonds is 2. The Labute approximate surface area is 115 Å². The summed E-state index contributed by atoms with van der Waals surface area (Å²) in [6, 6.07) is 1.12. The molecule has 0 spiro atoms. The van der Waals surface area contributed by atoms with E-state index in [1.807, 2.05) is 0 Å². The summed E-state index contributed by atoms with van der Waals surface area (Å²) in [5, 5.41) is 0. The zero-order chi connectivity index (χ0) is 14.2. The SMILES string of the molecule is CC1CSCCN1S(=O)(=O)c1cc(N)c(F)cc1F. The molecule has 4 nitrogen and oxygen atoms in total. The number of nitrogens with zero attached hydrogens (tertiary/aromatic N) is 1. The van der Waals surface area contributed by atoms with Gasteiger partial charge >= 0.3 is 0 Å². The molecule has 0 amide bonds. The van der Waals surface area contributed by atoms with Crippen molar-refractivity contribution >= 4 is 27.5 Å². The van der Waals surface area contributed by atoms with Gasteiger partial charge in [-0.05, 0) is 13.0 Å². The van der Waals surface area contributed by atoms with Crippen molar-refractivity contribution in [3.8, 4) is 0 Å². The van der Waals surface area contributed by atoms with Gasteiger partial charge < -0.3 is 5.73 Å². The van der Waals surface area contributed by atoms with Crippen molar-refractivity contribution in [1.29, 1.82) is 0 Å². The summed E-state index contributed by atoms with van der Waals surface area (Å²) in [6.07, 6.45) is 0. The zero-order valence-corrected chi connectivity index (χ0v) is 11.9. The minimum atomic E-state index is -3.98. The molecule has 0 radical (unpaired) electrons. The van der Waals surface area contributed by atoms with Gasteiger partial charge in [-0.25, -0.2) is 17.2 Å². The summed E-state index contributed by atoms with van der Waals surface area (Å²) in [5.74, 6) is -0.768. The Balaban J connectivity index is 2.47. The van der Waals surface area contributed by atoms with Gasteiger partial charge in [0.2, 0.25) is 10.0 Å². The summed E-state index contributed by atoms with van der Waals surface area (Å²) in [4.78, 5) is -0.565. The first-order chi connectivity index (χ1) is 8.84. The molecule has 1 saturated heterocycles. The van der Waals surface area contributed by atoms with Crippen LogP contribution in [0.5, 0.6) is 0 Å². The van der Waals surface area contributed by atoms with E-state index in [0.29, 0.717) is 24.1 Å². The van der Waals surface area contributed by atoms with Crippen LogP contribution in [0.3, 0.4) is 0 Å². The number of anilines is 1. The summed E-state index contributed by atoms with van der Waals surface area (Å²) in [5.41, 5.74) is 4.95. The third-order valence-corrected chi connectivity index (χ3v) is 6.16. The predicted octanol–water partition coefficient (Wildman–Crippen LogP) is 1.67. The van der Waals surface area contributed by atoms with Crippen LogP contribution in [0.1, 0.15) is 6.92 Å². The van der Waals surface area contributed by atoms with Gasteiger partial charge in [-0.15, -0.1) is 0 Å². The molecule has 2 rings (SSSR count). The Hall–Kier alpha value is -0.860. The van der Waals surface area contributed by atoms with Crippen molar-refractivity contribution in [2.45, 2.75) is 17.9 Å². The molecular formula is C11H14F2N2O2S2. The van der Waals surface area contributed by atoms with Crippen LogP contribution < -0.4 is 5.73 Å². The van der Waals surface area contributed by atoms with E-state index < -0.39 is 26.6 Å². The van der Waals surface area contributed by atoms with Crippen molar-refractivity contribution in [2.75, 3.05) is 23.8 Å². The molecule has 1 aliphatic rings. The predicted molar refractivity (Wildman–Crippen MR) is 71.4 cm³/mol. The van der Waals surface area contributed by atoms with Crippen molar-refractivity contribution < 1.29 is 17.2 Å². The molecule has 1 unspecified atom stereocenters. The fourth-order valence-corrected chi connectivity index (χ4v) is 4.88. The lowest BCUT2D eigenvalue weighted by atomic mass is 10.3. The topological polar surface area (TPSA) is 63.4 Å². The Bertz CT molecular complexity index is 593. The van der Waals surface area contributed by atoms with E-state index in [-0.39, 0.29) is 11.7 Å². The van der Waals surface area contributed by atoms with Crippen LogP contribution in [0, 0.1) is 11.6 Å². The van der Waals surface area contributed by atoms with E-state index in [9.17, 15) is 17.2 Å². The normalized spacial score (nSPS) is 21.5. The van der Waals surface area contributed by atoms with Crippen LogP contribution in [0.4, 0.5) is 14.5 Å². The second-order valence-electron chi connectivity index (χ2n) is 4.34. The first kappa shape index (κ1) is 14.5. The summed E-state index contributed by atoms with van der Waals surface area (Å²) in [6.45, 7) is 2.07. The van der Waals surface area contributed by atoms with Gasteiger partial charge in [0.25, 0.3) is 0 Å². The average molecular weight is 308 g/mol. The largest absolute Gasteiger partial charge is 0.396 e. The van der Waals surface area contributed by atoms with Gasteiger partial charge in [-0.1, -0.05) is 0 Å². The number of hydrogen-bond acceptors (Lipinski definition) is 4. The molecule has 1 atom stereocenters. The quantitative estimate of drug-likeness (QED) is 0.844. The Morgan fingerprint density at radius 1 is 1.37 bits per heavy atom. The Morgan fingerprint density at radius 3 is 2.68 bits per heavy atom. The van der Waals surface area contributed by atoms with E-state index in [0.717, 1.165) is 6.07 Å². The van der Waals surface area contributed by atoms with E-state index in [2.05, 4.69) is 0 Å². The second-order valence-corrected chi connectivity index (χ2v) is 7.35. The molecule has 2 N–H and O–H groups in total. The summed E-state index contributed by atoms with van der Waals surface area (Å²) in [7, 11) is -3.98. The average Bonchev–Trinajstić information content (AvgIpc) is 2.34. The highest BCUT2D eigenvalue weighted by atomic mass is 32.2. The van der Waals surface area contributed by atoms with Crippen LogP contribution in [0.15, 0.2) is 17.0 Å². The molecule has 19 heavy (non-hydrogen) atoms. The highest BCUT2D eigenvalue weighted by Gasteiger charge is 2.33. The van der Waals surface area contributed by atoms with Gasteiger partial charge in [0, 0.05) is 30.2 Å². The molecule has 0 aromatic heterocycles. The van der Waals surface area contributed by atoms with Crippen LogP contribution in [0.2, 0.25) is 0 Å². The standard InChI is InChI=1S/C11H14F2N2O2S2/c1-7-6-18-3-2-15(7)19(16,17)11-5-10(14)8(12)4-9(11)13/h4-5,7H,2-3,6,14H2,1H3. The molecule has 0 aliphatic carbocycles. The summed E-state index contributed by atoms with van der Waals surface area (Å²) < 4.78 is 52.8. The lowest BCUT2D eigenvalue weighted by Gasteiger charge is -2.32. The van der Waals surface area contributed by atoms with Crippen molar-refractivity contribution in [2.24, 2.45) is 0 Å². The Kier molecular flexibility index (Phi) is 4.03. The number of sulfonamides is 1. The monoisotopic (exact) mass is 308 g/mol. The molecule has 1 fully saturated rings. The van der Waals surface area contributed by atoms with Crippen LogP contribution in [-0.4, -0.2) is 36.8 Å². The number of halogens is 2. The van der Waals surface area contributed by atoms with Crippen LogP contribution >= 0.6 is 11.8 Å². The molecule has 1 aliphatic heterocycles. The molecule has 0 bridgehead atoms. The fraction of sp³-hybridized carbons (Fsp3) is 0.455. The van der Waals surface area contributed by atoms with E-state index in [1.165, 1.54) is 4.31 Å². The lowest BCUT2D eigenvalue weighted by molar-refractivity contribution is 0.365. The summed E-state index contributed by atoms with van der Waals surface area (Å²) >= 11 is 1.64. The molecular weight excluding hydrogens is 294 g/mol. The molecule has 8 heteroatoms. The number of nitrogens with two attached hydrogens (primary N) is 1. The highest BCUT2D eigenvalue weighted by Crippen LogP contribution is 2.28. The number of nitrogen functional groups attached to an aromatic ring is 1. The molecule has 1 aromatic rings. The number of benzene rings is 1. The van der Waals surface area contributed by atoms with E-state index in [4.69, 9.17) is 5.73 Å². The van der Waals surface area contributed by atoms with Gasteiger partial charge in [0.1, 0.15) is 16.5 Å². The molecule has 106 valence electrons. The molecule has 1 aromatic carbocycles. The van der Waals surface area contributed by atoms with Gasteiger partial charge in [0.05, 0.1) is 5.69 Å². The smallest absolute Gasteiger partial charge is 0.246 e. The van der Waals surface area contributed by atoms with Crippen LogP contribution in [-0.2, 0) is 10.0 Å². The van der Waals surface area contributed by atoms with E-state index >= 15 is 0 Å². The minimum absolute atomic E-state index is 0.227. The maximum absolute atomic E-state index is 13.7. The van der Waals surface area contributed by atoms with Gasteiger partial charge in [0.15, 0.2) is 0 Å². The maximum Gasteiger partial charge on any atom is 0.246 e. The lowest BCUT2D eigenvalue weighted by Crippen LogP contribution is -2.44. The van der Waals surface area contributed by atoms with Crippen molar-refractivity contribution in [1.82, 2.24) is 4.31 Å². The van der Waals surface area contributed by atoms with Gasteiger partial charge in [-0.2, -0.15) is 16.1 Å². The second kappa shape index (κ2) is 5.26. The first-order valence-electron chi connectivity index (χ1n) is 5.68. The van der Waals surface area contributed by atoms with Crippen molar-refractivity contribution in [3.05, 3.63) is 23.8 Å².